The average molecular weight is 554 g/mol. The second kappa shape index (κ2) is 9.02. The van der Waals surface area contributed by atoms with Crippen molar-refractivity contribution >= 4 is 28.4 Å². The Labute approximate surface area is 232 Å². The Balaban J connectivity index is 1.63. The van der Waals surface area contributed by atoms with E-state index in [4.69, 9.17) is 4.74 Å². The number of carbonyl (C=O) groups is 2. The van der Waals surface area contributed by atoms with Crippen molar-refractivity contribution in [2.45, 2.75) is 19.8 Å². The molecule has 2 aliphatic carbocycles. The van der Waals surface area contributed by atoms with Gasteiger partial charge in [0.05, 0.1) is 40.4 Å². The van der Waals surface area contributed by atoms with Crippen LogP contribution in [0.15, 0.2) is 36.4 Å². The Hall–Kier alpha value is -5.51. The third-order valence-electron chi connectivity index (χ3n) is 7.56. The van der Waals surface area contributed by atoms with Gasteiger partial charge in [-0.15, -0.1) is 0 Å². The van der Waals surface area contributed by atoms with Crippen molar-refractivity contribution in [1.82, 2.24) is 4.98 Å². The lowest BCUT2D eigenvalue weighted by Gasteiger charge is -2.29. The summed E-state index contributed by atoms with van der Waals surface area (Å²) >= 11 is 0. The molecule has 6 rings (SSSR count). The number of pyridine rings is 1. The minimum Gasteiger partial charge on any atom is -0.507 e. The molecule has 0 atom stereocenters. The van der Waals surface area contributed by atoms with E-state index in [0.717, 1.165) is 6.07 Å². The van der Waals surface area contributed by atoms with Gasteiger partial charge in [-0.25, -0.2) is 4.98 Å². The summed E-state index contributed by atoms with van der Waals surface area (Å²) in [6.45, 7) is 1.86. The number of rotatable bonds is 3. The van der Waals surface area contributed by atoms with E-state index in [2.05, 4.69) is 4.98 Å². The van der Waals surface area contributed by atoms with Crippen LogP contribution in [0.5, 0.6) is 40.4 Å². The van der Waals surface area contributed by atoms with Gasteiger partial charge in [0.2, 0.25) is 17.4 Å². The zero-order chi connectivity index (χ0) is 29.3. The number of aromatic nitrogens is 1. The lowest BCUT2D eigenvalue weighted by Crippen LogP contribution is -2.23. The molecule has 0 aliphatic heterocycles. The zero-order valence-corrected chi connectivity index (χ0v) is 21.8. The molecule has 0 saturated heterocycles. The van der Waals surface area contributed by atoms with Gasteiger partial charge in [0.25, 0.3) is 0 Å². The summed E-state index contributed by atoms with van der Waals surface area (Å²) in [5, 5.41) is 66.6. The third-order valence-corrected chi connectivity index (χ3v) is 7.56. The van der Waals surface area contributed by atoms with E-state index in [1.54, 1.807) is 30.4 Å². The minimum absolute atomic E-state index is 0.00111. The first-order valence-electron chi connectivity index (χ1n) is 12.6. The van der Waals surface area contributed by atoms with Gasteiger partial charge in [-0.1, -0.05) is 18.2 Å². The number of ether oxygens (including phenoxy) is 1. The quantitative estimate of drug-likeness (QED) is 0.137. The molecule has 0 radical (unpaired) electrons. The van der Waals surface area contributed by atoms with Crippen molar-refractivity contribution in [3.63, 3.8) is 0 Å². The highest BCUT2D eigenvalue weighted by Gasteiger charge is 2.43. The molecule has 0 saturated carbocycles. The lowest BCUT2D eigenvalue weighted by atomic mass is 9.75. The van der Waals surface area contributed by atoms with Crippen molar-refractivity contribution in [3.05, 3.63) is 75.5 Å². The number of nitrogens with zero attached hydrogens (tertiary/aromatic N) is 1. The van der Waals surface area contributed by atoms with Crippen LogP contribution < -0.4 is 4.74 Å². The van der Waals surface area contributed by atoms with Crippen molar-refractivity contribution in [3.8, 4) is 51.5 Å². The molecule has 2 aliphatic rings. The van der Waals surface area contributed by atoms with E-state index in [9.17, 15) is 40.2 Å². The SMILES string of the molecule is CC=CC=Cc1cc2cc3c(c(O)c2c(O)n1)-c1c(O)c2c(c(O)c1CC3)C(=O)c1c(O)c(OC)cc(O)c1C2=O. The molecule has 1 aromatic heterocycles. The van der Waals surface area contributed by atoms with Crippen molar-refractivity contribution in [2.75, 3.05) is 7.11 Å². The average Bonchev–Trinajstić information content (AvgIpc) is 2.93. The summed E-state index contributed by atoms with van der Waals surface area (Å²) in [4.78, 5) is 31.3. The van der Waals surface area contributed by atoms with Crippen LogP contribution in [0, 0.1) is 0 Å². The molecule has 0 fully saturated rings. The van der Waals surface area contributed by atoms with Crippen LogP contribution in [0.4, 0.5) is 0 Å². The van der Waals surface area contributed by atoms with Crippen molar-refractivity contribution < 1.29 is 45.0 Å². The van der Waals surface area contributed by atoms with Crippen molar-refractivity contribution in [1.29, 1.82) is 0 Å². The highest BCUT2D eigenvalue weighted by Crippen LogP contribution is 2.56. The summed E-state index contributed by atoms with van der Waals surface area (Å²) in [7, 11) is 1.20. The predicted molar refractivity (Wildman–Crippen MR) is 148 cm³/mol. The highest BCUT2D eigenvalue weighted by atomic mass is 16.5. The maximum absolute atomic E-state index is 13.6. The fraction of sp³-hybridized carbons (Fsp3) is 0.129. The van der Waals surface area contributed by atoms with E-state index >= 15 is 0 Å². The minimum atomic E-state index is -1.02. The van der Waals surface area contributed by atoms with E-state index in [0.29, 0.717) is 16.6 Å². The Bertz CT molecular complexity index is 1940. The van der Waals surface area contributed by atoms with Gasteiger partial charge in [-0.05, 0) is 48.9 Å². The smallest absolute Gasteiger partial charge is 0.223 e. The molecule has 0 spiro atoms. The largest absolute Gasteiger partial charge is 0.507 e. The summed E-state index contributed by atoms with van der Waals surface area (Å²) < 4.78 is 4.99. The number of methoxy groups -OCH3 is 1. The Morgan fingerprint density at radius 1 is 0.756 bits per heavy atom. The lowest BCUT2D eigenvalue weighted by molar-refractivity contribution is 0.0968. The Kier molecular flexibility index (Phi) is 5.66. The number of aromatic hydroxyl groups is 6. The number of allylic oxidation sites excluding steroid dienone is 3. The molecular formula is C31H23NO9. The van der Waals surface area contributed by atoms with Gasteiger partial charge in [-0.2, -0.15) is 0 Å². The van der Waals surface area contributed by atoms with Gasteiger partial charge in [0.1, 0.15) is 23.0 Å². The predicted octanol–water partition coefficient (Wildman–Crippen LogP) is 4.61. The van der Waals surface area contributed by atoms with Crippen LogP contribution >= 0.6 is 0 Å². The van der Waals surface area contributed by atoms with Gasteiger partial charge in [0, 0.05) is 22.8 Å². The fourth-order valence-corrected chi connectivity index (χ4v) is 5.77. The monoisotopic (exact) mass is 553 g/mol. The summed E-state index contributed by atoms with van der Waals surface area (Å²) in [6.07, 6.45) is 7.47. The number of benzene rings is 3. The molecule has 4 aromatic rings. The maximum atomic E-state index is 13.6. The maximum Gasteiger partial charge on any atom is 0.223 e. The standard InChI is InChI=1S/C31H23NO9/c1-3-4-5-6-14-10-13-9-12-7-8-15-20(18(12)27(36)19(13)31(40)32-14)28(37)24-23(25(15)34)30(39)22-21(29(24)38)16(33)11-17(41-2)26(22)35/h3-6,9-11,33-37H,7-8H2,1-2H3,(H,32,40). The Morgan fingerprint density at radius 3 is 2.15 bits per heavy atom. The van der Waals surface area contributed by atoms with Gasteiger partial charge in [0.15, 0.2) is 11.5 Å². The first kappa shape index (κ1) is 25.8. The number of carbonyl (C=O) groups excluding carboxylic acids is 2. The molecule has 10 heteroatoms. The van der Waals surface area contributed by atoms with Crippen LogP contribution in [-0.2, 0) is 12.8 Å². The summed E-state index contributed by atoms with van der Waals surface area (Å²) in [5.41, 5.74) is -1.16. The van der Waals surface area contributed by atoms with Crippen LogP contribution in [0.25, 0.3) is 28.0 Å². The topological polar surface area (TPSA) is 178 Å². The fourth-order valence-electron chi connectivity index (χ4n) is 5.77. The zero-order valence-electron chi connectivity index (χ0n) is 21.8. The molecule has 0 amide bonds. The van der Waals surface area contributed by atoms with Gasteiger partial charge < -0.3 is 35.4 Å². The van der Waals surface area contributed by atoms with Crippen LogP contribution in [-0.4, -0.2) is 54.3 Å². The van der Waals surface area contributed by atoms with E-state index < -0.39 is 68.4 Å². The second-order valence-electron chi connectivity index (χ2n) is 9.77. The molecule has 0 unspecified atom stereocenters. The second-order valence-corrected chi connectivity index (χ2v) is 9.77. The highest BCUT2D eigenvalue weighted by molar-refractivity contribution is 6.33. The molecule has 206 valence electrons. The number of phenols is 5. The third kappa shape index (κ3) is 3.47. The van der Waals surface area contributed by atoms with Crippen LogP contribution in [0.3, 0.4) is 0 Å². The number of ketones is 2. The first-order chi connectivity index (χ1) is 19.6. The van der Waals surface area contributed by atoms with Crippen LogP contribution in [0.1, 0.15) is 55.6 Å². The number of phenolic OH excluding ortho intramolecular Hbond substituents is 5. The molecule has 3 aromatic carbocycles. The van der Waals surface area contributed by atoms with E-state index in [1.807, 2.05) is 13.0 Å². The molecule has 6 N–H and O–H groups in total. The summed E-state index contributed by atoms with van der Waals surface area (Å²) in [6, 6.07) is 4.36. The molecule has 41 heavy (non-hydrogen) atoms. The molecule has 0 bridgehead atoms. The van der Waals surface area contributed by atoms with E-state index in [1.165, 1.54) is 7.11 Å². The van der Waals surface area contributed by atoms with Gasteiger partial charge in [-0.3, -0.25) is 9.59 Å². The van der Waals surface area contributed by atoms with Crippen LogP contribution in [0.2, 0.25) is 0 Å². The summed E-state index contributed by atoms with van der Waals surface area (Å²) in [5.74, 6) is -5.82. The normalized spacial score (nSPS) is 13.9. The number of aryl methyl sites for hydroxylation is 1. The first-order valence-corrected chi connectivity index (χ1v) is 12.6. The Morgan fingerprint density at radius 2 is 1.44 bits per heavy atom. The van der Waals surface area contributed by atoms with Gasteiger partial charge >= 0.3 is 0 Å². The molecule has 10 nitrogen and oxygen atoms in total. The number of hydrogen-bond donors (Lipinski definition) is 6. The number of fused-ring (bicyclic) bond motifs is 6. The number of hydrogen-bond acceptors (Lipinski definition) is 10. The van der Waals surface area contributed by atoms with E-state index in [-0.39, 0.29) is 40.7 Å². The van der Waals surface area contributed by atoms with Crippen molar-refractivity contribution in [2.24, 2.45) is 0 Å². The molecular weight excluding hydrogens is 530 g/mol. The molecule has 1 heterocycles.